The lowest BCUT2D eigenvalue weighted by Gasteiger charge is -2.04. The third-order valence-electron chi connectivity index (χ3n) is 1.39. The molecule has 0 fully saturated rings. The number of hydrogen-bond acceptors (Lipinski definition) is 3. The molecule has 1 aliphatic rings. The van der Waals surface area contributed by atoms with Gasteiger partial charge in [0.2, 0.25) is 0 Å². The lowest BCUT2D eigenvalue weighted by molar-refractivity contribution is -0.135. The van der Waals surface area contributed by atoms with E-state index in [9.17, 15) is 4.79 Å². The number of thiocarbonyl (C=S) groups is 1. The Bertz CT molecular complexity index is 251. The molecule has 1 rings (SSSR count). The molecule has 0 aromatic heterocycles. The van der Waals surface area contributed by atoms with Crippen molar-refractivity contribution in [2.75, 3.05) is 7.11 Å². The van der Waals surface area contributed by atoms with Crippen LogP contribution in [0.25, 0.3) is 0 Å². The zero-order chi connectivity index (χ0) is 8.27. The van der Waals surface area contributed by atoms with Crippen LogP contribution >= 0.6 is 12.2 Å². The molecule has 0 saturated carbocycles. The van der Waals surface area contributed by atoms with Gasteiger partial charge in [0.25, 0.3) is 0 Å². The maximum atomic E-state index is 10.9. The predicted octanol–water partition coefficient (Wildman–Crippen LogP) is 1.42. The van der Waals surface area contributed by atoms with Crippen molar-refractivity contribution in [3.05, 3.63) is 23.8 Å². The number of ether oxygens (including phenoxy) is 1. The van der Waals surface area contributed by atoms with E-state index in [0.29, 0.717) is 12.0 Å². The van der Waals surface area contributed by atoms with Gasteiger partial charge in [0, 0.05) is 11.3 Å². The van der Waals surface area contributed by atoms with Crippen molar-refractivity contribution < 1.29 is 9.53 Å². The molecule has 0 spiro atoms. The van der Waals surface area contributed by atoms with Crippen LogP contribution in [0.5, 0.6) is 0 Å². The van der Waals surface area contributed by atoms with Crippen molar-refractivity contribution in [1.82, 2.24) is 0 Å². The molecule has 2 nitrogen and oxygen atoms in total. The average Bonchev–Trinajstić information content (AvgIpc) is 2.05. The largest absolute Gasteiger partial charge is 0.465 e. The smallest absolute Gasteiger partial charge is 0.337 e. The summed E-state index contributed by atoms with van der Waals surface area (Å²) in [4.78, 5) is 11.7. The van der Waals surface area contributed by atoms with Gasteiger partial charge >= 0.3 is 5.97 Å². The second-order valence-electron chi connectivity index (χ2n) is 2.15. The average molecular weight is 168 g/mol. The fraction of sp³-hybridized carbons (Fsp3) is 0.250. The molecule has 58 valence electrons. The predicted molar refractivity (Wildman–Crippen MR) is 46.5 cm³/mol. The van der Waals surface area contributed by atoms with Gasteiger partial charge in [-0.3, -0.25) is 0 Å². The van der Waals surface area contributed by atoms with Crippen molar-refractivity contribution >= 4 is 23.1 Å². The fourth-order valence-corrected chi connectivity index (χ4v) is 0.950. The SMILES string of the molecule is COC(=O)C1=CCC(=S)C=C1. The van der Waals surface area contributed by atoms with Crippen LogP contribution in [-0.4, -0.2) is 17.9 Å². The molecule has 0 bridgehead atoms. The molecule has 0 amide bonds. The fourth-order valence-electron chi connectivity index (χ4n) is 0.799. The molecule has 0 saturated heterocycles. The van der Waals surface area contributed by atoms with E-state index in [2.05, 4.69) is 4.74 Å². The van der Waals surface area contributed by atoms with E-state index in [1.54, 1.807) is 18.2 Å². The van der Waals surface area contributed by atoms with E-state index in [0.717, 1.165) is 4.86 Å². The molecule has 0 aliphatic heterocycles. The third kappa shape index (κ3) is 1.98. The van der Waals surface area contributed by atoms with E-state index < -0.39 is 0 Å². The van der Waals surface area contributed by atoms with Gasteiger partial charge in [-0.05, 0) is 12.2 Å². The molecular formula is C8H8O2S. The van der Waals surface area contributed by atoms with Gasteiger partial charge < -0.3 is 4.74 Å². The first-order chi connectivity index (χ1) is 5.24. The van der Waals surface area contributed by atoms with E-state index in [4.69, 9.17) is 12.2 Å². The minimum atomic E-state index is -0.302. The molecule has 0 unspecified atom stereocenters. The first-order valence-electron chi connectivity index (χ1n) is 3.23. The van der Waals surface area contributed by atoms with Gasteiger partial charge in [0.1, 0.15) is 0 Å². The summed E-state index contributed by atoms with van der Waals surface area (Å²) in [7, 11) is 1.37. The van der Waals surface area contributed by atoms with E-state index in [1.807, 2.05) is 0 Å². The Morgan fingerprint density at radius 2 is 2.36 bits per heavy atom. The molecule has 0 N–H and O–H groups in total. The highest BCUT2D eigenvalue weighted by molar-refractivity contribution is 7.80. The Morgan fingerprint density at radius 1 is 1.64 bits per heavy atom. The van der Waals surface area contributed by atoms with Gasteiger partial charge in [-0.25, -0.2) is 4.79 Å². The minimum absolute atomic E-state index is 0.302. The number of rotatable bonds is 1. The summed E-state index contributed by atoms with van der Waals surface area (Å²) >= 11 is 4.90. The number of esters is 1. The topological polar surface area (TPSA) is 26.3 Å². The molecular weight excluding hydrogens is 160 g/mol. The Labute approximate surface area is 70.5 Å². The highest BCUT2D eigenvalue weighted by Crippen LogP contribution is 2.09. The molecule has 0 heterocycles. The van der Waals surface area contributed by atoms with E-state index in [-0.39, 0.29) is 5.97 Å². The molecule has 0 atom stereocenters. The Balaban J connectivity index is 2.70. The summed E-state index contributed by atoms with van der Waals surface area (Å²) in [5, 5.41) is 0. The summed E-state index contributed by atoms with van der Waals surface area (Å²) in [6.07, 6.45) is 5.86. The van der Waals surface area contributed by atoms with Crippen LogP contribution in [0, 0.1) is 0 Å². The third-order valence-corrected chi connectivity index (χ3v) is 1.70. The maximum absolute atomic E-state index is 10.9. The van der Waals surface area contributed by atoms with Crippen LogP contribution < -0.4 is 0 Å². The molecule has 0 aromatic carbocycles. The minimum Gasteiger partial charge on any atom is -0.465 e. The first-order valence-corrected chi connectivity index (χ1v) is 3.64. The molecule has 0 radical (unpaired) electrons. The quantitative estimate of drug-likeness (QED) is 0.437. The standard InChI is InChI=1S/C8H8O2S/c1-10-8(9)6-2-4-7(11)5-3-6/h2-4H,5H2,1H3. The Hall–Kier alpha value is -0.960. The molecule has 3 heteroatoms. The Kier molecular flexibility index (Phi) is 2.54. The molecule has 1 aliphatic carbocycles. The summed E-state index contributed by atoms with van der Waals surface area (Å²) < 4.78 is 4.52. The van der Waals surface area contributed by atoms with Crippen molar-refractivity contribution in [1.29, 1.82) is 0 Å². The van der Waals surface area contributed by atoms with Crippen molar-refractivity contribution in [3.63, 3.8) is 0 Å². The van der Waals surface area contributed by atoms with Crippen LogP contribution in [0.1, 0.15) is 6.42 Å². The monoisotopic (exact) mass is 168 g/mol. The summed E-state index contributed by atoms with van der Waals surface area (Å²) in [5.74, 6) is -0.302. The first kappa shape index (κ1) is 8.14. The van der Waals surface area contributed by atoms with Gasteiger partial charge in [0.15, 0.2) is 0 Å². The summed E-state index contributed by atoms with van der Waals surface area (Å²) in [6, 6.07) is 0. The zero-order valence-corrected chi connectivity index (χ0v) is 6.98. The highest BCUT2D eigenvalue weighted by Gasteiger charge is 2.08. The number of allylic oxidation sites excluding steroid dienone is 2. The summed E-state index contributed by atoms with van der Waals surface area (Å²) in [6.45, 7) is 0. The maximum Gasteiger partial charge on any atom is 0.337 e. The van der Waals surface area contributed by atoms with Crippen LogP contribution in [0.4, 0.5) is 0 Å². The van der Waals surface area contributed by atoms with Crippen LogP contribution in [0.3, 0.4) is 0 Å². The second kappa shape index (κ2) is 3.44. The lowest BCUT2D eigenvalue weighted by Crippen LogP contribution is -2.06. The van der Waals surface area contributed by atoms with Crippen molar-refractivity contribution in [3.8, 4) is 0 Å². The van der Waals surface area contributed by atoms with Crippen molar-refractivity contribution in [2.24, 2.45) is 0 Å². The van der Waals surface area contributed by atoms with Crippen LogP contribution in [-0.2, 0) is 9.53 Å². The van der Waals surface area contributed by atoms with Gasteiger partial charge in [-0.2, -0.15) is 0 Å². The number of carbonyl (C=O) groups excluding carboxylic acids is 1. The van der Waals surface area contributed by atoms with Crippen LogP contribution in [0.2, 0.25) is 0 Å². The molecule has 11 heavy (non-hydrogen) atoms. The molecule has 0 aromatic rings. The van der Waals surface area contributed by atoms with Crippen LogP contribution in [0.15, 0.2) is 23.8 Å². The Morgan fingerprint density at radius 3 is 2.82 bits per heavy atom. The van der Waals surface area contributed by atoms with E-state index >= 15 is 0 Å². The second-order valence-corrected chi connectivity index (χ2v) is 2.68. The van der Waals surface area contributed by atoms with Crippen molar-refractivity contribution in [2.45, 2.75) is 6.42 Å². The lowest BCUT2D eigenvalue weighted by atomic mass is 10.1. The van der Waals surface area contributed by atoms with Gasteiger partial charge in [0.05, 0.1) is 12.7 Å². The summed E-state index contributed by atoms with van der Waals surface area (Å²) in [5.41, 5.74) is 0.584. The zero-order valence-electron chi connectivity index (χ0n) is 6.16. The number of hydrogen-bond donors (Lipinski definition) is 0. The normalized spacial score (nSPS) is 16.1. The van der Waals surface area contributed by atoms with Gasteiger partial charge in [-0.1, -0.05) is 18.3 Å². The number of carbonyl (C=O) groups is 1. The van der Waals surface area contributed by atoms with E-state index in [1.165, 1.54) is 7.11 Å². The highest BCUT2D eigenvalue weighted by atomic mass is 32.1. The number of methoxy groups -OCH3 is 1. The van der Waals surface area contributed by atoms with Gasteiger partial charge in [-0.15, -0.1) is 0 Å².